The molecule has 0 aliphatic heterocycles. The van der Waals surface area contributed by atoms with Crippen molar-refractivity contribution in [1.82, 2.24) is 4.90 Å². The number of hydrogen-bond donors (Lipinski definition) is 1. The minimum absolute atomic E-state index is 0.128. The first-order valence-electron chi connectivity index (χ1n) is 11.6. The lowest BCUT2D eigenvalue weighted by Gasteiger charge is -2.28. The van der Waals surface area contributed by atoms with Crippen LogP contribution in [0.25, 0.3) is 0 Å². The first-order valence-corrected chi connectivity index (χ1v) is 11.6. The largest absolute Gasteiger partial charge is 0.489 e. The molecule has 0 aliphatic carbocycles. The second-order valence-electron chi connectivity index (χ2n) is 9.55. The molecule has 0 spiro atoms. The molecule has 1 N–H and O–H groups in total. The monoisotopic (exact) mass is 461 g/mol. The third-order valence-corrected chi connectivity index (χ3v) is 5.81. The Morgan fingerprint density at radius 3 is 2.03 bits per heavy atom. The van der Waals surface area contributed by atoms with Crippen LogP contribution in [0.15, 0.2) is 78.9 Å². The van der Waals surface area contributed by atoms with Crippen molar-refractivity contribution < 1.29 is 19.4 Å². The number of ether oxygens (including phenoxy) is 2. The van der Waals surface area contributed by atoms with E-state index in [0.717, 1.165) is 28.0 Å². The first kappa shape index (κ1) is 25.3. The summed E-state index contributed by atoms with van der Waals surface area (Å²) in [7, 11) is 1.66. The highest BCUT2D eigenvalue weighted by Gasteiger charge is 2.24. The van der Waals surface area contributed by atoms with Crippen molar-refractivity contribution in [3.05, 3.63) is 101 Å². The van der Waals surface area contributed by atoms with Crippen LogP contribution in [0.1, 0.15) is 43.0 Å². The molecular weight excluding hydrogens is 426 g/mol. The molecule has 0 fully saturated rings. The summed E-state index contributed by atoms with van der Waals surface area (Å²) in [6.07, 6.45) is 0.0527. The van der Waals surface area contributed by atoms with Crippen molar-refractivity contribution in [3.8, 4) is 5.75 Å². The van der Waals surface area contributed by atoms with E-state index in [1.165, 1.54) is 4.90 Å². The Bertz CT molecular complexity index is 1040. The Morgan fingerprint density at radius 1 is 0.882 bits per heavy atom. The normalized spacial score (nSPS) is 12.1. The molecule has 0 heterocycles. The molecule has 34 heavy (non-hydrogen) atoms. The van der Waals surface area contributed by atoms with Crippen molar-refractivity contribution in [2.45, 2.75) is 51.9 Å². The molecule has 1 amide bonds. The third-order valence-electron chi connectivity index (χ3n) is 5.81. The first-order chi connectivity index (χ1) is 16.3. The van der Waals surface area contributed by atoms with Crippen LogP contribution in [0.2, 0.25) is 0 Å². The highest BCUT2D eigenvalue weighted by atomic mass is 16.6. The number of rotatable bonds is 9. The van der Waals surface area contributed by atoms with Gasteiger partial charge in [0.2, 0.25) is 0 Å². The lowest BCUT2D eigenvalue weighted by molar-refractivity contribution is 0.0761. The van der Waals surface area contributed by atoms with Gasteiger partial charge < -0.3 is 19.5 Å². The fourth-order valence-electron chi connectivity index (χ4n) is 3.72. The van der Waals surface area contributed by atoms with E-state index in [0.29, 0.717) is 13.0 Å². The van der Waals surface area contributed by atoms with Crippen molar-refractivity contribution in [3.63, 3.8) is 0 Å². The summed E-state index contributed by atoms with van der Waals surface area (Å²) >= 11 is 0. The fraction of sp³-hybridized carbons (Fsp3) is 0.345. The number of amides is 1. The number of hydrogen-bond acceptors (Lipinski definition) is 4. The average molecular weight is 462 g/mol. The zero-order valence-corrected chi connectivity index (χ0v) is 20.5. The van der Waals surface area contributed by atoms with Gasteiger partial charge in [-0.1, -0.05) is 93.6 Å². The Hall–Kier alpha value is -3.31. The van der Waals surface area contributed by atoms with Gasteiger partial charge in [0.15, 0.2) is 0 Å². The van der Waals surface area contributed by atoms with Crippen LogP contribution >= 0.6 is 0 Å². The van der Waals surface area contributed by atoms with E-state index in [9.17, 15) is 9.90 Å². The van der Waals surface area contributed by atoms with Gasteiger partial charge in [0.25, 0.3) is 0 Å². The molecule has 3 rings (SSSR count). The minimum Gasteiger partial charge on any atom is -0.489 e. The van der Waals surface area contributed by atoms with Gasteiger partial charge in [-0.2, -0.15) is 0 Å². The molecular formula is C29H35NO4. The van der Waals surface area contributed by atoms with Gasteiger partial charge >= 0.3 is 6.09 Å². The van der Waals surface area contributed by atoms with Gasteiger partial charge in [0.05, 0.1) is 12.6 Å². The van der Waals surface area contributed by atoms with Gasteiger partial charge in [0.1, 0.15) is 19.0 Å². The highest BCUT2D eigenvalue weighted by Crippen LogP contribution is 2.33. The van der Waals surface area contributed by atoms with E-state index in [-0.39, 0.29) is 18.6 Å². The van der Waals surface area contributed by atoms with Crippen molar-refractivity contribution in [1.29, 1.82) is 0 Å². The van der Waals surface area contributed by atoms with E-state index >= 15 is 0 Å². The molecule has 0 saturated heterocycles. The van der Waals surface area contributed by atoms with Crippen LogP contribution in [0, 0.1) is 0 Å². The second kappa shape index (κ2) is 11.7. The maximum absolute atomic E-state index is 12.6. The number of benzene rings is 3. The SMILES string of the molecule is CN(C(=O)OCc1ccccc1)C(CO)Cc1ccc(OCc2ccccc2)c(C(C)(C)C)c1. The van der Waals surface area contributed by atoms with Gasteiger partial charge in [0, 0.05) is 7.05 Å². The predicted octanol–water partition coefficient (Wildman–Crippen LogP) is 5.74. The number of likely N-dealkylation sites (N-methyl/N-ethyl adjacent to an activating group) is 1. The molecule has 1 unspecified atom stereocenters. The zero-order valence-electron chi connectivity index (χ0n) is 20.5. The Morgan fingerprint density at radius 2 is 1.47 bits per heavy atom. The summed E-state index contributed by atoms with van der Waals surface area (Å²) in [5.74, 6) is 0.844. The molecule has 3 aromatic rings. The van der Waals surface area contributed by atoms with Gasteiger partial charge in [-0.05, 0) is 40.2 Å². The molecule has 5 nitrogen and oxygen atoms in total. The number of aliphatic hydroxyl groups is 1. The number of aliphatic hydroxyl groups excluding tert-OH is 1. The maximum atomic E-state index is 12.6. The van der Waals surface area contributed by atoms with Gasteiger partial charge in [-0.25, -0.2) is 4.79 Å². The molecule has 180 valence electrons. The van der Waals surface area contributed by atoms with Crippen LogP contribution in [-0.4, -0.2) is 35.8 Å². The summed E-state index contributed by atoms with van der Waals surface area (Å²) in [6.45, 7) is 6.99. The topological polar surface area (TPSA) is 59.0 Å². The standard InChI is InChI=1S/C29H35NO4/c1-29(2,3)26-18-24(15-16-27(26)33-20-22-11-7-5-8-12-22)17-25(19-31)30(4)28(32)34-21-23-13-9-6-10-14-23/h5-16,18,25,31H,17,19-21H2,1-4H3. The minimum atomic E-state index is -0.457. The van der Waals surface area contributed by atoms with Gasteiger partial charge in [-0.3, -0.25) is 0 Å². The predicted molar refractivity (Wildman–Crippen MR) is 135 cm³/mol. The fourth-order valence-corrected chi connectivity index (χ4v) is 3.72. The van der Waals surface area contributed by atoms with Crippen molar-refractivity contribution in [2.75, 3.05) is 13.7 Å². The molecule has 0 saturated carbocycles. The number of nitrogens with zero attached hydrogens (tertiary/aromatic N) is 1. The summed E-state index contributed by atoms with van der Waals surface area (Å²) < 4.78 is 11.6. The second-order valence-corrected chi connectivity index (χ2v) is 9.55. The van der Waals surface area contributed by atoms with Crippen molar-refractivity contribution in [2.24, 2.45) is 0 Å². The molecule has 0 bridgehead atoms. The molecule has 0 aromatic heterocycles. The average Bonchev–Trinajstić information content (AvgIpc) is 2.85. The number of carbonyl (C=O) groups is 1. The van der Waals surface area contributed by atoms with E-state index in [4.69, 9.17) is 9.47 Å². The van der Waals surface area contributed by atoms with Gasteiger partial charge in [-0.15, -0.1) is 0 Å². The highest BCUT2D eigenvalue weighted by molar-refractivity contribution is 5.67. The van der Waals surface area contributed by atoms with E-state index < -0.39 is 12.1 Å². The Balaban J connectivity index is 1.68. The van der Waals surface area contributed by atoms with Crippen LogP contribution in [0.5, 0.6) is 5.75 Å². The molecule has 1 atom stereocenters. The molecule has 0 radical (unpaired) electrons. The molecule has 5 heteroatoms. The Labute approximate surface area is 203 Å². The molecule has 3 aromatic carbocycles. The third kappa shape index (κ3) is 7.09. The van der Waals surface area contributed by atoms with E-state index in [2.05, 4.69) is 26.8 Å². The lowest BCUT2D eigenvalue weighted by atomic mass is 9.84. The van der Waals surface area contributed by atoms with E-state index in [1.807, 2.05) is 72.8 Å². The lowest BCUT2D eigenvalue weighted by Crippen LogP contribution is -2.41. The van der Waals surface area contributed by atoms with Crippen molar-refractivity contribution >= 4 is 6.09 Å². The quantitative estimate of drug-likeness (QED) is 0.442. The summed E-state index contributed by atoms with van der Waals surface area (Å²) in [5.41, 5.74) is 4.02. The smallest absolute Gasteiger partial charge is 0.410 e. The molecule has 0 aliphatic rings. The summed E-state index contributed by atoms with van der Waals surface area (Å²) in [5, 5.41) is 10.0. The number of carbonyl (C=O) groups excluding carboxylic acids is 1. The maximum Gasteiger partial charge on any atom is 0.410 e. The summed E-state index contributed by atoms with van der Waals surface area (Å²) in [4.78, 5) is 14.1. The van der Waals surface area contributed by atoms with Crippen LogP contribution < -0.4 is 4.74 Å². The van der Waals surface area contributed by atoms with Crippen LogP contribution in [0.3, 0.4) is 0 Å². The zero-order chi connectivity index (χ0) is 24.6. The summed E-state index contributed by atoms with van der Waals surface area (Å²) in [6, 6.07) is 25.3. The van der Waals surface area contributed by atoms with E-state index in [1.54, 1.807) is 7.05 Å². The van der Waals surface area contributed by atoms with Crippen LogP contribution in [-0.2, 0) is 29.8 Å². The Kier molecular flexibility index (Phi) is 8.72. The van der Waals surface area contributed by atoms with Crippen LogP contribution in [0.4, 0.5) is 4.79 Å².